The number of rotatable bonds is 3. The summed E-state index contributed by atoms with van der Waals surface area (Å²) < 4.78 is 0. The van der Waals surface area contributed by atoms with Crippen molar-refractivity contribution < 1.29 is 0 Å². The summed E-state index contributed by atoms with van der Waals surface area (Å²) >= 11 is 12.1. The van der Waals surface area contributed by atoms with Crippen LogP contribution in [0.1, 0.15) is 18.3 Å². The molecule has 0 radical (unpaired) electrons. The smallest absolute Gasteiger partial charge is 0.132 e. The Morgan fingerprint density at radius 3 is 2.26 bits per heavy atom. The monoisotopic (exact) mass is 295 g/mol. The molecule has 2 aromatic rings. The summed E-state index contributed by atoms with van der Waals surface area (Å²) in [5.41, 5.74) is 2.75. The molecule has 0 unspecified atom stereocenters. The van der Waals surface area contributed by atoms with Crippen LogP contribution in [0.3, 0.4) is 0 Å². The lowest BCUT2D eigenvalue weighted by molar-refractivity contribution is 0.936. The van der Waals surface area contributed by atoms with E-state index in [1.165, 1.54) is 0 Å². The van der Waals surface area contributed by atoms with Gasteiger partial charge < -0.3 is 5.32 Å². The second-order valence-electron chi connectivity index (χ2n) is 4.22. The molecule has 0 bridgehead atoms. The van der Waals surface area contributed by atoms with Gasteiger partial charge in [-0.25, -0.2) is 9.97 Å². The van der Waals surface area contributed by atoms with E-state index in [-0.39, 0.29) is 0 Å². The molecular formula is C14H15Cl2N3. The predicted molar refractivity (Wildman–Crippen MR) is 81.1 cm³/mol. The van der Waals surface area contributed by atoms with E-state index >= 15 is 0 Å². The third-order valence-electron chi connectivity index (χ3n) is 2.88. The lowest BCUT2D eigenvalue weighted by atomic mass is 10.1. The average molecular weight is 296 g/mol. The van der Waals surface area contributed by atoms with Crippen LogP contribution in [0.4, 0.5) is 5.82 Å². The van der Waals surface area contributed by atoms with Crippen LogP contribution in [0.25, 0.3) is 11.3 Å². The standard InChI is InChI=1S/C14H15Cl2N3/c1-4-12-18-13(8(2)14(17-3)19-12)9-5-10(15)7-11(16)6-9/h5-7H,4H2,1-3H3,(H,17,18,19). The third kappa shape index (κ3) is 2.99. The van der Waals surface area contributed by atoms with Gasteiger partial charge in [-0.15, -0.1) is 0 Å². The van der Waals surface area contributed by atoms with Crippen LogP contribution in [0.2, 0.25) is 10.0 Å². The van der Waals surface area contributed by atoms with Crippen LogP contribution in [-0.4, -0.2) is 17.0 Å². The molecule has 0 atom stereocenters. The van der Waals surface area contributed by atoms with Gasteiger partial charge in [-0.3, -0.25) is 0 Å². The van der Waals surface area contributed by atoms with Crippen LogP contribution in [-0.2, 0) is 6.42 Å². The summed E-state index contributed by atoms with van der Waals surface area (Å²) in [4.78, 5) is 9.04. The minimum atomic E-state index is 0.601. The molecule has 1 heterocycles. The molecule has 1 N–H and O–H groups in total. The Morgan fingerprint density at radius 2 is 1.74 bits per heavy atom. The fourth-order valence-corrected chi connectivity index (χ4v) is 2.46. The van der Waals surface area contributed by atoms with Crippen molar-refractivity contribution in [2.24, 2.45) is 0 Å². The number of nitrogens with zero attached hydrogens (tertiary/aromatic N) is 2. The summed E-state index contributed by atoms with van der Waals surface area (Å²) in [5.74, 6) is 1.62. The number of benzene rings is 1. The third-order valence-corrected chi connectivity index (χ3v) is 3.32. The normalized spacial score (nSPS) is 10.6. The second-order valence-corrected chi connectivity index (χ2v) is 5.10. The van der Waals surface area contributed by atoms with Crippen molar-refractivity contribution in [3.8, 4) is 11.3 Å². The summed E-state index contributed by atoms with van der Waals surface area (Å²) in [6, 6.07) is 5.44. The van der Waals surface area contributed by atoms with Gasteiger partial charge in [0, 0.05) is 34.6 Å². The number of hydrogen-bond donors (Lipinski definition) is 1. The number of nitrogens with one attached hydrogen (secondary N) is 1. The zero-order chi connectivity index (χ0) is 14.0. The molecule has 1 aromatic carbocycles. The highest BCUT2D eigenvalue weighted by Crippen LogP contribution is 2.30. The van der Waals surface area contributed by atoms with Gasteiger partial charge in [0.15, 0.2) is 0 Å². The summed E-state index contributed by atoms with van der Waals surface area (Å²) in [5, 5.41) is 4.30. The highest BCUT2D eigenvalue weighted by molar-refractivity contribution is 6.35. The Morgan fingerprint density at radius 1 is 1.11 bits per heavy atom. The number of anilines is 1. The maximum atomic E-state index is 6.06. The molecule has 1 aromatic heterocycles. The zero-order valence-electron chi connectivity index (χ0n) is 11.1. The van der Waals surface area contributed by atoms with E-state index in [2.05, 4.69) is 15.3 Å². The molecule has 0 amide bonds. The number of aryl methyl sites for hydroxylation is 1. The average Bonchev–Trinajstić information content (AvgIpc) is 2.37. The minimum absolute atomic E-state index is 0.601. The molecule has 0 aliphatic carbocycles. The van der Waals surface area contributed by atoms with E-state index in [0.717, 1.165) is 34.9 Å². The quantitative estimate of drug-likeness (QED) is 0.914. The van der Waals surface area contributed by atoms with Crippen LogP contribution < -0.4 is 5.32 Å². The lowest BCUT2D eigenvalue weighted by Crippen LogP contribution is -2.04. The maximum Gasteiger partial charge on any atom is 0.132 e. The second kappa shape index (κ2) is 5.76. The zero-order valence-corrected chi connectivity index (χ0v) is 12.6. The van der Waals surface area contributed by atoms with Crippen molar-refractivity contribution in [3.05, 3.63) is 39.6 Å². The molecule has 0 aliphatic rings. The molecule has 0 saturated carbocycles. The first-order valence-electron chi connectivity index (χ1n) is 6.07. The molecular weight excluding hydrogens is 281 g/mol. The van der Waals surface area contributed by atoms with Gasteiger partial charge in [0.25, 0.3) is 0 Å². The highest BCUT2D eigenvalue weighted by Gasteiger charge is 2.12. The number of aromatic nitrogens is 2. The predicted octanol–water partition coefficient (Wildman–Crippen LogP) is 4.36. The van der Waals surface area contributed by atoms with Gasteiger partial charge in [-0.2, -0.15) is 0 Å². The Bertz CT molecular complexity index is 592. The molecule has 100 valence electrons. The molecule has 0 fully saturated rings. The van der Waals surface area contributed by atoms with Gasteiger partial charge >= 0.3 is 0 Å². The van der Waals surface area contributed by atoms with Crippen LogP contribution in [0, 0.1) is 6.92 Å². The number of halogens is 2. The first kappa shape index (κ1) is 14.1. The Balaban J connectivity index is 2.66. The molecule has 2 rings (SSSR count). The van der Waals surface area contributed by atoms with Crippen molar-refractivity contribution in [1.82, 2.24) is 9.97 Å². The Hall–Kier alpha value is -1.32. The van der Waals surface area contributed by atoms with Gasteiger partial charge in [-0.05, 0) is 25.1 Å². The topological polar surface area (TPSA) is 37.8 Å². The van der Waals surface area contributed by atoms with Gasteiger partial charge in [0.2, 0.25) is 0 Å². The fourth-order valence-electron chi connectivity index (χ4n) is 1.94. The summed E-state index contributed by atoms with van der Waals surface area (Å²) in [7, 11) is 1.85. The van der Waals surface area contributed by atoms with E-state index in [4.69, 9.17) is 23.2 Å². The lowest BCUT2D eigenvalue weighted by Gasteiger charge is -2.12. The highest BCUT2D eigenvalue weighted by atomic mass is 35.5. The van der Waals surface area contributed by atoms with E-state index < -0.39 is 0 Å². The fraction of sp³-hybridized carbons (Fsp3) is 0.286. The molecule has 0 aliphatic heterocycles. The maximum absolute atomic E-state index is 6.06. The first-order valence-corrected chi connectivity index (χ1v) is 6.82. The van der Waals surface area contributed by atoms with Crippen molar-refractivity contribution in [3.63, 3.8) is 0 Å². The molecule has 0 spiro atoms. The van der Waals surface area contributed by atoms with Crippen LogP contribution >= 0.6 is 23.2 Å². The van der Waals surface area contributed by atoms with E-state index in [1.54, 1.807) is 6.07 Å². The summed E-state index contributed by atoms with van der Waals surface area (Å²) in [6.45, 7) is 4.01. The van der Waals surface area contributed by atoms with Crippen molar-refractivity contribution in [1.29, 1.82) is 0 Å². The Kier molecular flexibility index (Phi) is 4.27. The van der Waals surface area contributed by atoms with Gasteiger partial charge in [0.05, 0.1) is 5.69 Å². The van der Waals surface area contributed by atoms with E-state index in [1.807, 2.05) is 33.0 Å². The SMILES string of the molecule is CCc1nc(NC)c(C)c(-c2cc(Cl)cc(Cl)c2)n1. The molecule has 3 nitrogen and oxygen atoms in total. The van der Waals surface area contributed by atoms with Gasteiger partial charge in [-0.1, -0.05) is 30.1 Å². The van der Waals surface area contributed by atoms with Crippen LogP contribution in [0.5, 0.6) is 0 Å². The molecule has 19 heavy (non-hydrogen) atoms. The van der Waals surface area contributed by atoms with Gasteiger partial charge in [0.1, 0.15) is 11.6 Å². The van der Waals surface area contributed by atoms with Crippen LogP contribution in [0.15, 0.2) is 18.2 Å². The largest absolute Gasteiger partial charge is 0.373 e. The minimum Gasteiger partial charge on any atom is -0.373 e. The number of hydrogen-bond acceptors (Lipinski definition) is 3. The van der Waals surface area contributed by atoms with Crippen molar-refractivity contribution in [2.45, 2.75) is 20.3 Å². The molecule has 0 saturated heterocycles. The first-order chi connectivity index (χ1) is 9.05. The molecule has 5 heteroatoms. The van der Waals surface area contributed by atoms with E-state index in [9.17, 15) is 0 Å². The van der Waals surface area contributed by atoms with E-state index in [0.29, 0.717) is 10.0 Å². The van der Waals surface area contributed by atoms with Crippen molar-refractivity contribution >= 4 is 29.0 Å². The van der Waals surface area contributed by atoms with Crippen molar-refractivity contribution in [2.75, 3.05) is 12.4 Å². The summed E-state index contributed by atoms with van der Waals surface area (Å²) in [6.07, 6.45) is 0.774. The Labute approximate surface area is 123 Å².